The third-order valence-electron chi connectivity index (χ3n) is 4.95. The van der Waals surface area contributed by atoms with E-state index in [-0.39, 0.29) is 11.9 Å². The minimum atomic E-state index is -0.247. The Bertz CT molecular complexity index is 1040. The maximum absolute atomic E-state index is 13.3. The van der Waals surface area contributed by atoms with Gasteiger partial charge in [0.15, 0.2) is 0 Å². The lowest BCUT2D eigenvalue weighted by atomic mass is 9.91. The lowest BCUT2D eigenvalue weighted by Gasteiger charge is -2.29. The molecule has 3 nitrogen and oxygen atoms in total. The Morgan fingerprint density at radius 1 is 0.964 bits per heavy atom. The number of pyridine rings is 1. The van der Waals surface area contributed by atoms with Crippen molar-refractivity contribution < 1.29 is 4.79 Å². The van der Waals surface area contributed by atoms with Crippen LogP contribution < -0.4 is 0 Å². The van der Waals surface area contributed by atoms with Crippen LogP contribution in [-0.4, -0.2) is 22.3 Å². The molecule has 1 atom stereocenters. The Morgan fingerprint density at radius 3 is 2.25 bits per heavy atom. The summed E-state index contributed by atoms with van der Waals surface area (Å²) in [5.41, 5.74) is 4.63. The van der Waals surface area contributed by atoms with Gasteiger partial charge < -0.3 is 4.90 Å². The van der Waals surface area contributed by atoms with Gasteiger partial charge in [-0.25, -0.2) is 4.98 Å². The first-order valence-corrected chi connectivity index (χ1v) is 9.87. The van der Waals surface area contributed by atoms with Crippen LogP contribution in [-0.2, 0) is 0 Å². The van der Waals surface area contributed by atoms with E-state index in [0.717, 1.165) is 26.9 Å². The quantitative estimate of drug-likeness (QED) is 0.498. The summed E-state index contributed by atoms with van der Waals surface area (Å²) in [7, 11) is 0. The molecule has 0 radical (unpaired) electrons. The number of benzene rings is 2. The van der Waals surface area contributed by atoms with Crippen LogP contribution >= 0.6 is 15.9 Å². The summed E-state index contributed by atoms with van der Waals surface area (Å²) < 4.78 is 0.736. The molecule has 28 heavy (non-hydrogen) atoms. The van der Waals surface area contributed by atoms with E-state index in [0.29, 0.717) is 12.1 Å². The second-order valence-corrected chi connectivity index (χ2v) is 7.36. The zero-order valence-electron chi connectivity index (χ0n) is 15.3. The van der Waals surface area contributed by atoms with Crippen molar-refractivity contribution in [1.29, 1.82) is 0 Å². The molecule has 3 aromatic rings. The van der Waals surface area contributed by atoms with E-state index in [1.54, 1.807) is 6.20 Å². The lowest BCUT2D eigenvalue weighted by Crippen LogP contribution is -2.32. The first kappa shape index (κ1) is 18.4. The average Bonchev–Trinajstić information content (AvgIpc) is 3.19. The molecule has 1 aromatic heterocycles. The van der Waals surface area contributed by atoms with Crippen LogP contribution in [0.15, 0.2) is 102 Å². The summed E-state index contributed by atoms with van der Waals surface area (Å²) in [5.74, 6) is -0.00605. The normalized spacial score (nSPS) is 16.0. The molecule has 2 heterocycles. The first-order chi connectivity index (χ1) is 13.7. The first-order valence-electron chi connectivity index (χ1n) is 9.08. The summed E-state index contributed by atoms with van der Waals surface area (Å²) in [6.45, 7) is 4.87. The number of hydrogen-bond acceptors (Lipinski definition) is 2. The SMILES string of the molecule is C=C(C1=CCN(C(=O)c2ccccc2)C1c1cccnc1Br)c1ccccc1. The molecular formula is C24H19BrN2O. The number of carbonyl (C=O) groups excluding carboxylic acids is 1. The van der Waals surface area contributed by atoms with Crippen molar-refractivity contribution in [2.45, 2.75) is 6.04 Å². The van der Waals surface area contributed by atoms with Crippen LogP contribution in [0, 0.1) is 0 Å². The fourth-order valence-electron chi connectivity index (χ4n) is 3.56. The van der Waals surface area contributed by atoms with Crippen LogP contribution in [0.25, 0.3) is 5.57 Å². The molecule has 0 N–H and O–H groups in total. The Morgan fingerprint density at radius 2 is 1.61 bits per heavy atom. The summed E-state index contributed by atoms with van der Waals surface area (Å²) in [6, 6.07) is 23.1. The fourth-order valence-corrected chi connectivity index (χ4v) is 4.03. The predicted octanol–water partition coefficient (Wildman–Crippen LogP) is 5.68. The summed E-state index contributed by atoms with van der Waals surface area (Å²) in [6.07, 6.45) is 3.83. The highest BCUT2D eigenvalue weighted by atomic mass is 79.9. The molecule has 0 aliphatic carbocycles. The predicted molar refractivity (Wildman–Crippen MR) is 116 cm³/mol. The molecule has 1 aliphatic heterocycles. The Kier molecular flexibility index (Phi) is 5.22. The van der Waals surface area contributed by atoms with Gasteiger partial charge in [-0.05, 0) is 50.8 Å². The maximum Gasteiger partial charge on any atom is 0.254 e. The zero-order valence-corrected chi connectivity index (χ0v) is 16.8. The highest BCUT2D eigenvalue weighted by Crippen LogP contribution is 2.42. The van der Waals surface area contributed by atoms with Gasteiger partial charge in [0.25, 0.3) is 5.91 Å². The second kappa shape index (κ2) is 7.95. The van der Waals surface area contributed by atoms with Gasteiger partial charge in [0.1, 0.15) is 4.60 Å². The van der Waals surface area contributed by atoms with E-state index in [1.165, 1.54) is 0 Å². The number of hydrogen-bond donors (Lipinski definition) is 0. The molecule has 1 aliphatic rings. The van der Waals surface area contributed by atoms with Crippen molar-refractivity contribution in [3.63, 3.8) is 0 Å². The van der Waals surface area contributed by atoms with Crippen LogP contribution in [0.3, 0.4) is 0 Å². The highest BCUT2D eigenvalue weighted by molar-refractivity contribution is 9.10. The monoisotopic (exact) mass is 430 g/mol. The average molecular weight is 431 g/mol. The van der Waals surface area contributed by atoms with Crippen molar-refractivity contribution in [1.82, 2.24) is 9.88 Å². The smallest absolute Gasteiger partial charge is 0.254 e. The Labute approximate surface area is 173 Å². The molecule has 0 saturated heterocycles. The third-order valence-corrected chi connectivity index (χ3v) is 5.61. The van der Waals surface area contributed by atoms with Crippen molar-refractivity contribution in [2.24, 2.45) is 0 Å². The van der Waals surface area contributed by atoms with Crippen molar-refractivity contribution in [3.8, 4) is 0 Å². The van der Waals surface area contributed by atoms with Gasteiger partial charge in [0.2, 0.25) is 0 Å². The van der Waals surface area contributed by atoms with Gasteiger partial charge in [0.05, 0.1) is 6.04 Å². The number of halogens is 1. The zero-order chi connectivity index (χ0) is 19.5. The molecule has 0 bridgehead atoms. The van der Waals surface area contributed by atoms with E-state index in [4.69, 9.17) is 0 Å². The van der Waals surface area contributed by atoms with E-state index in [2.05, 4.69) is 33.6 Å². The van der Waals surface area contributed by atoms with Gasteiger partial charge in [-0.2, -0.15) is 0 Å². The van der Waals surface area contributed by atoms with Crippen molar-refractivity contribution in [2.75, 3.05) is 6.54 Å². The lowest BCUT2D eigenvalue weighted by molar-refractivity contribution is 0.0746. The molecule has 0 spiro atoms. The summed E-state index contributed by atoms with van der Waals surface area (Å²) >= 11 is 3.57. The van der Waals surface area contributed by atoms with Crippen LogP contribution in [0.5, 0.6) is 0 Å². The second-order valence-electron chi connectivity index (χ2n) is 6.61. The van der Waals surface area contributed by atoms with Crippen LogP contribution in [0.4, 0.5) is 0 Å². The van der Waals surface area contributed by atoms with Crippen LogP contribution in [0.1, 0.15) is 27.5 Å². The van der Waals surface area contributed by atoms with Crippen molar-refractivity contribution >= 4 is 27.4 Å². The number of rotatable bonds is 4. The number of carbonyl (C=O) groups is 1. The maximum atomic E-state index is 13.3. The van der Waals surface area contributed by atoms with E-state index in [9.17, 15) is 4.79 Å². The molecule has 138 valence electrons. The molecule has 1 unspecified atom stereocenters. The van der Waals surface area contributed by atoms with E-state index < -0.39 is 0 Å². The standard InChI is InChI=1S/C24H19BrN2O/c1-17(18-9-4-2-5-10-18)20-14-16-27(24(28)19-11-6-3-7-12-19)22(20)21-13-8-15-26-23(21)25/h2-15,22H,1,16H2. The number of amides is 1. The number of aromatic nitrogens is 1. The molecule has 0 saturated carbocycles. The topological polar surface area (TPSA) is 33.2 Å². The third kappa shape index (κ3) is 3.43. The van der Waals surface area contributed by atoms with Gasteiger partial charge in [-0.15, -0.1) is 0 Å². The molecule has 4 rings (SSSR count). The molecule has 0 fully saturated rings. The minimum absolute atomic E-state index is 0.00605. The summed E-state index contributed by atoms with van der Waals surface area (Å²) in [4.78, 5) is 19.5. The molecule has 1 amide bonds. The molecule has 2 aromatic carbocycles. The summed E-state index contributed by atoms with van der Waals surface area (Å²) in [5, 5.41) is 0. The fraction of sp³-hybridized carbons (Fsp3) is 0.0833. The van der Waals surface area contributed by atoms with Gasteiger partial charge in [-0.1, -0.05) is 67.3 Å². The highest BCUT2D eigenvalue weighted by Gasteiger charge is 2.35. The Balaban J connectivity index is 1.76. The van der Waals surface area contributed by atoms with Crippen molar-refractivity contribution in [3.05, 3.63) is 119 Å². The van der Waals surface area contributed by atoms with Gasteiger partial charge >= 0.3 is 0 Å². The van der Waals surface area contributed by atoms with Gasteiger partial charge in [-0.3, -0.25) is 4.79 Å². The molecular weight excluding hydrogens is 412 g/mol. The minimum Gasteiger partial charge on any atom is -0.324 e. The van der Waals surface area contributed by atoms with Gasteiger partial charge in [0, 0.05) is 23.9 Å². The Hall–Kier alpha value is -2.98. The van der Waals surface area contributed by atoms with Crippen LogP contribution in [0.2, 0.25) is 0 Å². The van der Waals surface area contributed by atoms with E-state index in [1.807, 2.05) is 77.7 Å². The molecule has 4 heteroatoms. The van der Waals surface area contributed by atoms with E-state index >= 15 is 0 Å². The number of nitrogens with zero attached hydrogens (tertiary/aromatic N) is 2. The largest absolute Gasteiger partial charge is 0.324 e.